The number of hydrogen-bond acceptors (Lipinski definition) is 3. The molecule has 0 aliphatic rings. The van der Waals surface area contributed by atoms with Gasteiger partial charge in [0.2, 0.25) is 0 Å². The van der Waals surface area contributed by atoms with Gasteiger partial charge < -0.3 is 5.73 Å². The molecule has 17 heavy (non-hydrogen) atoms. The molecule has 1 heterocycles. The van der Waals surface area contributed by atoms with Gasteiger partial charge in [-0.15, -0.1) is 11.3 Å². The van der Waals surface area contributed by atoms with Crippen LogP contribution in [-0.2, 0) is 6.42 Å². The molecule has 1 aromatic rings. The van der Waals surface area contributed by atoms with Gasteiger partial charge in [-0.1, -0.05) is 20.8 Å². The molecule has 0 radical (unpaired) electrons. The van der Waals surface area contributed by atoms with Gasteiger partial charge in [-0.25, -0.2) is 0 Å². The predicted octanol–water partition coefficient (Wildman–Crippen LogP) is 3.43. The lowest BCUT2D eigenvalue weighted by Crippen LogP contribution is -2.39. The van der Waals surface area contributed by atoms with Crippen molar-refractivity contribution < 1.29 is 0 Å². The Morgan fingerprint density at radius 1 is 1.29 bits per heavy atom. The second-order valence-corrected chi connectivity index (χ2v) is 5.70. The average molecular weight is 254 g/mol. The lowest BCUT2D eigenvalue weighted by atomic mass is 10.1. The van der Waals surface area contributed by atoms with Crippen molar-refractivity contribution >= 4 is 11.3 Å². The zero-order valence-electron chi connectivity index (χ0n) is 11.6. The van der Waals surface area contributed by atoms with E-state index in [-0.39, 0.29) is 0 Å². The van der Waals surface area contributed by atoms with Crippen LogP contribution in [0.3, 0.4) is 0 Å². The maximum atomic E-state index is 5.99. The maximum absolute atomic E-state index is 5.99. The molecular weight excluding hydrogens is 228 g/mol. The third kappa shape index (κ3) is 3.54. The average Bonchev–Trinajstić information content (AvgIpc) is 2.83. The molecule has 2 nitrogen and oxygen atoms in total. The molecule has 98 valence electrons. The van der Waals surface area contributed by atoms with E-state index in [2.05, 4.69) is 44.7 Å². The van der Waals surface area contributed by atoms with Crippen molar-refractivity contribution in [3.05, 3.63) is 21.9 Å². The first-order valence-electron chi connectivity index (χ1n) is 6.72. The van der Waals surface area contributed by atoms with Crippen LogP contribution in [0.2, 0.25) is 0 Å². The van der Waals surface area contributed by atoms with Crippen molar-refractivity contribution in [1.29, 1.82) is 0 Å². The maximum Gasteiger partial charge on any atom is 0.0566 e. The predicted molar refractivity (Wildman–Crippen MR) is 77.6 cm³/mol. The number of likely N-dealkylation sites (N-methyl/N-ethyl adjacent to an activating group) is 1. The van der Waals surface area contributed by atoms with E-state index in [1.165, 1.54) is 16.2 Å². The zero-order chi connectivity index (χ0) is 12.8. The summed E-state index contributed by atoms with van der Waals surface area (Å²) in [5.41, 5.74) is 5.99. The van der Waals surface area contributed by atoms with Crippen molar-refractivity contribution in [2.45, 2.75) is 52.6 Å². The van der Waals surface area contributed by atoms with E-state index >= 15 is 0 Å². The Hall–Kier alpha value is -0.380. The van der Waals surface area contributed by atoms with Gasteiger partial charge in [0.1, 0.15) is 0 Å². The van der Waals surface area contributed by atoms with Crippen LogP contribution in [-0.4, -0.2) is 24.0 Å². The fourth-order valence-electron chi connectivity index (χ4n) is 2.25. The fraction of sp³-hybridized carbons (Fsp3) is 0.714. The van der Waals surface area contributed by atoms with Gasteiger partial charge in [0.15, 0.2) is 0 Å². The molecule has 0 saturated carbocycles. The fourth-order valence-corrected chi connectivity index (χ4v) is 3.34. The Bertz CT molecular complexity index is 322. The number of nitrogens with two attached hydrogens (primary N) is 1. The SMILES string of the molecule is CCc1ccc(C(CN)N(CC)C(C)CC)s1. The Kier molecular flexibility index (Phi) is 6.17. The van der Waals surface area contributed by atoms with Gasteiger partial charge in [0.25, 0.3) is 0 Å². The van der Waals surface area contributed by atoms with E-state index in [1.807, 2.05) is 11.3 Å². The third-order valence-electron chi connectivity index (χ3n) is 3.51. The van der Waals surface area contributed by atoms with Crippen LogP contribution in [0.5, 0.6) is 0 Å². The minimum Gasteiger partial charge on any atom is -0.329 e. The van der Waals surface area contributed by atoms with Gasteiger partial charge in [-0.3, -0.25) is 4.90 Å². The first kappa shape index (κ1) is 14.7. The summed E-state index contributed by atoms with van der Waals surface area (Å²) in [6.45, 7) is 10.7. The summed E-state index contributed by atoms with van der Waals surface area (Å²) in [6, 6.07) is 5.49. The first-order valence-corrected chi connectivity index (χ1v) is 7.53. The molecule has 0 spiro atoms. The van der Waals surface area contributed by atoms with Crippen LogP contribution in [0.1, 0.15) is 49.9 Å². The van der Waals surface area contributed by atoms with Crippen LogP contribution >= 0.6 is 11.3 Å². The summed E-state index contributed by atoms with van der Waals surface area (Å²) in [5, 5.41) is 0. The van der Waals surface area contributed by atoms with Crippen molar-refractivity contribution in [1.82, 2.24) is 4.90 Å². The van der Waals surface area contributed by atoms with Crippen molar-refractivity contribution in [3.8, 4) is 0 Å². The zero-order valence-corrected chi connectivity index (χ0v) is 12.4. The highest BCUT2D eigenvalue weighted by molar-refractivity contribution is 7.12. The van der Waals surface area contributed by atoms with E-state index in [0.717, 1.165) is 13.0 Å². The van der Waals surface area contributed by atoms with E-state index in [9.17, 15) is 0 Å². The molecule has 2 N–H and O–H groups in total. The highest BCUT2D eigenvalue weighted by Gasteiger charge is 2.22. The highest BCUT2D eigenvalue weighted by Crippen LogP contribution is 2.29. The van der Waals surface area contributed by atoms with Crippen LogP contribution in [0.25, 0.3) is 0 Å². The van der Waals surface area contributed by atoms with Crippen molar-refractivity contribution in [3.63, 3.8) is 0 Å². The standard InChI is InChI=1S/C14H26N2S/c1-5-11(4)16(7-3)13(10-15)14-9-8-12(6-2)17-14/h8-9,11,13H,5-7,10,15H2,1-4H3. The topological polar surface area (TPSA) is 29.3 Å². The smallest absolute Gasteiger partial charge is 0.0566 e. The summed E-state index contributed by atoms with van der Waals surface area (Å²) in [5.74, 6) is 0. The van der Waals surface area contributed by atoms with E-state index in [0.29, 0.717) is 18.6 Å². The lowest BCUT2D eigenvalue weighted by Gasteiger charge is -2.34. The molecule has 0 saturated heterocycles. The molecule has 0 bridgehead atoms. The van der Waals surface area contributed by atoms with Gasteiger partial charge in [-0.2, -0.15) is 0 Å². The third-order valence-corrected chi connectivity index (χ3v) is 4.84. The first-order chi connectivity index (χ1) is 8.17. The molecule has 0 aliphatic heterocycles. The largest absolute Gasteiger partial charge is 0.329 e. The molecule has 0 fully saturated rings. The van der Waals surface area contributed by atoms with Gasteiger partial charge in [0, 0.05) is 22.3 Å². The Labute approximate surface area is 110 Å². The molecule has 0 aromatic carbocycles. The Balaban J connectivity index is 2.88. The van der Waals surface area contributed by atoms with Crippen LogP contribution < -0.4 is 5.73 Å². The Morgan fingerprint density at radius 3 is 2.41 bits per heavy atom. The number of nitrogens with zero attached hydrogens (tertiary/aromatic N) is 1. The highest BCUT2D eigenvalue weighted by atomic mass is 32.1. The van der Waals surface area contributed by atoms with E-state index < -0.39 is 0 Å². The summed E-state index contributed by atoms with van der Waals surface area (Å²) in [4.78, 5) is 5.40. The Morgan fingerprint density at radius 2 is 2.00 bits per heavy atom. The molecule has 3 heteroatoms. The van der Waals surface area contributed by atoms with Crippen LogP contribution in [0.15, 0.2) is 12.1 Å². The monoisotopic (exact) mass is 254 g/mol. The minimum absolute atomic E-state index is 0.389. The number of thiophene rings is 1. The van der Waals surface area contributed by atoms with E-state index in [4.69, 9.17) is 5.73 Å². The number of rotatable bonds is 7. The number of hydrogen-bond donors (Lipinski definition) is 1. The van der Waals surface area contributed by atoms with Crippen molar-refractivity contribution in [2.24, 2.45) is 5.73 Å². The van der Waals surface area contributed by atoms with Crippen LogP contribution in [0.4, 0.5) is 0 Å². The second kappa shape index (κ2) is 7.14. The van der Waals surface area contributed by atoms with Gasteiger partial charge in [0.05, 0.1) is 6.04 Å². The summed E-state index contributed by atoms with van der Waals surface area (Å²) in [7, 11) is 0. The van der Waals surface area contributed by atoms with Gasteiger partial charge >= 0.3 is 0 Å². The molecule has 2 unspecified atom stereocenters. The molecule has 0 amide bonds. The quantitative estimate of drug-likeness (QED) is 0.807. The van der Waals surface area contributed by atoms with Crippen LogP contribution in [0, 0.1) is 0 Å². The molecule has 1 rings (SSSR count). The minimum atomic E-state index is 0.389. The molecule has 1 aromatic heterocycles. The van der Waals surface area contributed by atoms with Gasteiger partial charge in [-0.05, 0) is 38.4 Å². The summed E-state index contributed by atoms with van der Waals surface area (Å²) < 4.78 is 0. The summed E-state index contributed by atoms with van der Waals surface area (Å²) in [6.07, 6.45) is 2.30. The molecular formula is C14H26N2S. The summed E-state index contributed by atoms with van der Waals surface area (Å²) >= 11 is 1.92. The number of aryl methyl sites for hydroxylation is 1. The van der Waals surface area contributed by atoms with Crippen molar-refractivity contribution in [2.75, 3.05) is 13.1 Å². The lowest BCUT2D eigenvalue weighted by molar-refractivity contribution is 0.154. The van der Waals surface area contributed by atoms with E-state index in [1.54, 1.807) is 0 Å². The molecule has 2 atom stereocenters. The normalized spacial score (nSPS) is 15.2. The molecule has 0 aliphatic carbocycles. The second-order valence-electron chi connectivity index (χ2n) is 4.50.